The van der Waals surface area contributed by atoms with Gasteiger partial charge >= 0.3 is 0 Å². The van der Waals surface area contributed by atoms with E-state index in [4.69, 9.17) is 5.73 Å². The van der Waals surface area contributed by atoms with Crippen molar-refractivity contribution in [2.75, 3.05) is 24.6 Å². The van der Waals surface area contributed by atoms with Crippen molar-refractivity contribution in [3.05, 3.63) is 58.8 Å². The van der Waals surface area contributed by atoms with Crippen molar-refractivity contribution in [2.24, 2.45) is 0 Å². The molecular formula is C16H17N3O2S. The molecule has 0 bridgehead atoms. The Kier molecular flexibility index (Phi) is 4.95. The van der Waals surface area contributed by atoms with Crippen LogP contribution in [0.4, 0.5) is 11.4 Å². The molecule has 1 heterocycles. The third kappa shape index (κ3) is 3.53. The molecule has 0 saturated carbocycles. The highest BCUT2D eigenvalue weighted by molar-refractivity contribution is 7.16. The van der Waals surface area contributed by atoms with Crippen LogP contribution in [0.5, 0.6) is 0 Å². The molecule has 0 spiro atoms. The van der Waals surface area contributed by atoms with Gasteiger partial charge < -0.3 is 16.0 Å². The predicted octanol–water partition coefficient (Wildman–Crippen LogP) is 2.84. The molecule has 0 unspecified atom stereocenters. The first-order chi connectivity index (χ1) is 10.5. The molecule has 114 valence electrons. The van der Waals surface area contributed by atoms with E-state index in [9.17, 15) is 9.59 Å². The summed E-state index contributed by atoms with van der Waals surface area (Å²) in [4.78, 5) is 26.8. The number of likely N-dealkylation sites (N-methyl/N-ethyl adjacent to an activating group) is 1. The number of nitrogens with one attached hydrogen (secondary N) is 1. The first kappa shape index (κ1) is 15.8. The zero-order valence-electron chi connectivity index (χ0n) is 12.2. The standard InChI is InChI=1S/C16H17N3O2S/c1-3-10-19(2)16(21)14-9-8-13(22-14)15(20)18-12-7-5-4-6-11(12)17/h3-9H,1,10,17H2,2H3,(H,18,20). The molecule has 2 amide bonds. The van der Waals surface area contributed by atoms with Gasteiger partial charge in [-0.3, -0.25) is 9.59 Å². The van der Waals surface area contributed by atoms with Crippen molar-refractivity contribution in [1.29, 1.82) is 0 Å². The number of thiophene rings is 1. The van der Waals surface area contributed by atoms with Gasteiger partial charge in [0, 0.05) is 13.6 Å². The Hall–Kier alpha value is -2.60. The summed E-state index contributed by atoms with van der Waals surface area (Å²) in [6, 6.07) is 10.3. The number of hydrogen-bond acceptors (Lipinski definition) is 4. The lowest BCUT2D eigenvalue weighted by Crippen LogP contribution is -2.25. The smallest absolute Gasteiger partial charge is 0.265 e. The third-order valence-electron chi connectivity index (χ3n) is 3.00. The second-order valence-electron chi connectivity index (χ2n) is 4.68. The normalized spacial score (nSPS) is 10.0. The lowest BCUT2D eigenvalue weighted by Gasteiger charge is -2.12. The van der Waals surface area contributed by atoms with Gasteiger partial charge in [-0.2, -0.15) is 0 Å². The maximum atomic E-state index is 12.2. The molecule has 3 N–H and O–H groups in total. The summed E-state index contributed by atoms with van der Waals surface area (Å²) in [7, 11) is 1.69. The molecule has 0 saturated heterocycles. The van der Waals surface area contributed by atoms with Crippen LogP contribution in [0.15, 0.2) is 49.1 Å². The number of rotatable bonds is 5. The average molecular weight is 315 g/mol. The largest absolute Gasteiger partial charge is 0.397 e. The van der Waals surface area contributed by atoms with Crippen molar-refractivity contribution in [3.8, 4) is 0 Å². The van der Waals surface area contributed by atoms with Crippen LogP contribution in [0.25, 0.3) is 0 Å². The van der Waals surface area contributed by atoms with Gasteiger partial charge in [-0.25, -0.2) is 0 Å². The second kappa shape index (κ2) is 6.91. The molecule has 1 aromatic carbocycles. The Morgan fingerprint density at radius 2 is 1.95 bits per heavy atom. The molecule has 2 rings (SSSR count). The maximum Gasteiger partial charge on any atom is 0.265 e. The molecule has 22 heavy (non-hydrogen) atoms. The molecule has 0 aliphatic rings. The molecule has 5 nitrogen and oxygen atoms in total. The molecule has 1 aromatic heterocycles. The lowest BCUT2D eigenvalue weighted by molar-refractivity contribution is 0.0815. The molecule has 0 aliphatic carbocycles. The van der Waals surface area contributed by atoms with Gasteiger partial charge in [0.05, 0.1) is 21.1 Å². The third-order valence-corrected chi connectivity index (χ3v) is 4.07. The number of anilines is 2. The van der Waals surface area contributed by atoms with Crippen LogP contribution in [0.3, 0.4) is 0 Å². The predicted molar refractivity (Wildman–Crippen MR) is 90.3 cm³/mol. The highest BCUT2D eigenvalue weighted by Crippen LogP contribution is 2.22. The molecule has 2 aromatic rings. The number of amides is 2. The summed E-state index contributed by atoms with van der Waals surface area (Å²) in [6.07, 6.45) is 1.65. The van der Waals surface area contributed by atoms with Gasteiger partial charge in [0.2, 0.25) is 0 Å². The van der Waals surface area contributed by atoms with E-state index >= 15 is 0 Å². The lowest BCUT2D eigenvalue weighted by atomic mass is 10.2. The van der Waals surface area contributed by atoms with Gasteiger partial charge in [-0.15, -0.1) is 17.9 Å². The van der Waals surface area contributed by atoms with Crippen LogP contribution in [0.2, 0.25) is 0 Å². The summed E-state index contributed by atoms with van der Waals surface area (Å²) < 4.78 is 0. The average Bonchev–Trinajstić information content (AvgIpc) is 2.99. The Morgan fingerprint density at radius 3 is 2.64 bits per heavy atom. The molecular weight excluding hydrogens is 298 g/mol. The number of para-hydroxylation sites is 2. The Balaban J connectivity index is 2.11. The number of carbonyl (C=O) groups is 2. The zero-order valence-corrected chi connectivity index (χ0v) is 13.0. The van der Waals surface area contributed by atoms with E-state index in [1.807, 2.05) is 0 Å². The molecule has 6 heteroatoms. The number of nitrogen functional groups attached to an aromatic ring is 1. The fourth-order valence-electron chi connectivity index (χ4n) is 1.83. The zero-order chi connectivity index (χ0) is 16.1. The first-order valence-electron chi connectivity index (χ1n) is 6.65. The van der Waals surface area contributed by atoms with Gasteiger partial charge in [-0.1, -0.05) is 18.2 Å². The van der Waals surface area contributed by atoms with Crippen molar-refractivity contribution in [2.45, 2.75) is 0 Å². The maximum absolute atomic E-state index is 12.2. The minimum atomic E-state index is -0.284. The van der Waals surface area contributed by atoms with Crippen LogP contribution >= 0.6 is 11.3 Å². The number of benzene rings is 1. The Bertz CT molecular complexity index is 709. The summed E-state index contributed by atoms with van der Waals surface area (Å²) in [5.74, 6) is -0.420. The minimum Gasteiger partial charge on any atom is -0.397 e. The van der Waals surface area contributed by atoms with E-state index < -0.39 is 0 Å². The summed E-state index contributed by atoms with van der Waals surface area (Å²) >= 11 is 1.15. The number of nitrogens with two attached hydrogens (primary N) is 1. The number of carbonyl (C=O) groups excluding carboxylic acids is 2. The molecule has 0 radical (unpaired) electrons. The second-order valence-corrected chi connectivity index (χ2v) is 5.76. The van der Waals surface area contributed by atoms with Gasteiger partial charge in [0.15, 0.2) is 0 Å². The fraction of sp³-hybridized carbons (Fsp3) is 0.125. The van der Waals surface area contributed by atoms with E-state index in [-0.39, 0.29) is 11.8 Å². The molecule has 0 fully saturated rings. The highest BCUT2D eigenvalue weighted by atomic mass is 32.1. The SMILES string of the molecule is C=CCN(C)C(=O)c1ccc(C(=O)Nc2ccccc2N)s1. The summed E-state index contributed by atoms with van der Waals surface area (Å²) in [5.41, 5.74) is 6.84. The quantitative estimate of drug-likeness (QED) is 0.658. The minimum absolute atomic E-state index is 0.136. The summed E-state index contributed by atoms with van der Waals surface area (Å²) in [5, 5.41) is 2.74. The van der Waals surface area contributed by atoms with Crippen molar-refractivity contribution in [3.63, 3.8) is 0 Å². The van der Waals surface area contributed by atoms with Crippen LogP contribution in [-0.4, -0.2) is 30.3 Å². The van der Waals surface area contributed by atoms with Crippen molar-refractivity contribution in [1.82, 2.24) is 4.90 Å². The van der Waals surface area contributed by atoms with Gasteiger partial charge in [-0.05, 0) is 24.3 Å². The van der Waals surface area contributed by atoms with Crippen molar-refractivity contribution >= 4 is 34.5 Å². The van der Waals surface area contributed by atoms with Gasteiger partial charge in [0.1, 0.15) is 0 Å². The van der Waals surface area contributed by atoms with Crippen LogP contribution in [0.1, 0.15) is 19.3 Å². The van der Waals surface area contributed by atoms with E-state index in [2.05, 4.69) is 11.9 Å². The van der Waals surface area contributed by atoms with E-state index in [0.717, 1.165) is 11.3 Å². The fourth-order valence-corrected chi connectivity index (χ4v) is 2.73. The first-order valence-corrected chi connectivity index (χ1v) is 7.46. The Morgan fingerprint density at radius 1 is 1.27 bits per heavy atom. The molecule has 0 atom stereocenters. The van der Waals surface area contributed by atoms with E-state index in [0.29, 0.717) is 27.7 Å². The van der Waals surface area contributed by atoms with Crippen LogP contribution in [0, 0.1) is 0 Å². The Labute approximate surface area is 133 Å². The van der Waals surface area contributed by atoms with Crippen molar-refractivity contribution < 1.29 is 9.59 Å². The number of hydrogen-bond donors (Lipinski definition) is 2. The monoisotopic (exact) mass is 315 g/mol. The topological polar surface area (TPSA) is 75.4 Å². The van der Waals surface area contributed by atoms with Crippen LogP contribution in [-0.2, 0) is 0 Å². The number of nitrogens with zero attached hydrogens (tertiary/aromatic N) is 1. The van der Waals surface area contributed by atoms with Gasteiger partial charge in [0.25, 0.3) is 11.8 Å². The van der Waals surface area contributed by atoms with E-state index in [1.165, 1.54) is 4.90 Å². The van der Waals surface area contributed by atoms with E-state index in [1.54, 1.807) is 49.5 Å². The van der Waals surface area contributed by atoms with Crippen LogP contribution < -0.4 is 11.1 Å². The summed E-state index contributed by atoms with van der Waals surface area (Å²) in [6.45, 7) is 4.06. The highest BCUT2D eigenvalue weighted by Gasteiger charge is 2.16. The molecule has 0 aliphatic heterocycles.